The van der Waals surface area contributed by atoms with E-state index in [-0.39, 0.29) is 17.6 Å². The first-order valence-corrected chi connectivity index (χ1v) is 7.90. The number of aliphatic carboxylic acids is 1. The third-order valence-corrected chi connectivity index (χ3v) is 4.53. The summed E-state index contributed by atoms with van der Waals surface area (Å²) in [6.45, 7) is 0. The van der Waals surface area contributed by atoms with Crippen molar-refractivity contribution < 1.29 is 14.7 Å². The Morgan fingerprint density at radius 1 is 1.20 bits per heavy atom. The Bertz CT molecular complexity index is 484. The van der Waals surface area contributed by atoms with Crippen LogP contribution in [0.2, 0.25) is 0 Å². The highest BCUT2D eigenvalue weighted by Crippen LogP contribution is 2.29. The van der Waals surface area contributed by atoms with Gasteiger partial charge in [-0.05, 0) is 25.0 Å². The molecular formula is C15H19NO3S. The molecule has 0 aliphatic heterocycles. The molecule has 1 aliphatic rings. The number of rotatable bonds is 5. The van der Waals surface area contributed by atoms with Gasteiger partial charge in [-0.25, -0.2) is 0 Å². The number of amides is 1. The minimum Gasteiger partial charge on any atom is -0.481 e. The second-order valence-electron chi connectivity index (χ2n) is 5.00. The summed E-state index contributed by atoms with van der Waals surface area (Å²) in [4.78, 5) is 23.7. The molecule has 4 nitrogen and oxygen atoms in total. The van der Waals surface area contributed by atoms with Crippen LogP contribution in [0.15, 0.2) is 29.2 Å². The minimum absolute atomic E-state index is 0.00366. The minimum atomic E-state index is -0.858. The van der Waals surface area contributed by atoms with Crippen LogP contribution in [-0.4, -0.2) is 22.7 Å². The first-order chi connectivity index (χ1) is 9.66. The summed E-state index contributed by atoms with van der Waals surface area (Å²) in [7, 11) is 0. The fourth-order valence-corrected chi connectivity index (χ4v) is 3.16. The maximum Gasteiger partial charge on any atom is 0.313 e. The van der Waals surface area contributed by atoms with Crippen molar-refractivity contribution in [2.75, 3.05) is 11.1 Å². The summed E-state index contributed by atoms with van der Waals surface area (Å²) in [5, 5.41) is 11.7. The largest absolute Gasteiger partial charge is 0.481 e. The number of hydrogen-bond donors (Lipinski definition) is 2. The molecule has 1 aliphatic carbocycles. The molecule has 1 fully saturated rings. The average molecular weight is 293 g/mol. The summed E-state index contributed by atoms with van der Waals surface area (Å²) in [6.07, 6.45) is 5.36. The van der Waals surface area contributed by atoms with Gasteiger partial charge in [-0.15, -0.1) is 11.8 Å². The number of para-hydroxylation sites is 1. The lowest BCUT2D eigenvalue weighted by molar-refractivity contribution is -0.133. The van der Waals surface area contributed by atoms with E-state index in [1.54, 1.807) is 0 Å². The Kier molecular flexibility index (Phi) is 5.47. The number of carboxylic acids is 1. The summed E-state index contributed by atoms with van der Waals surface area (Å²) in [5.41, 5.74) is 0.717. The molecular weight excluding hydrogens is 274 g/mol. The Morgan fingerprint density at radius 2 is 1.90 bits per heavy atom. The summed E-state index contributed by atoms with van der Waals surface area (Å²) < 4.78 is 0. The van der Waals surface area contributed by atoms with Gasteiger partial charge in [-0.1, -0.05) is 31.4 Å². The molecule has 0 spiro atoms. The van der Waals surface area contributed by atoms with E-state index in [0.717, 1.165) is 30.6 Å². The lowest BCUT2D eigenvalue weighted by Gasteiger charge is -2.21. The predicted octanol–water partition coefficient (Wildman–Crippen LogP) is 3.38. The quantitative estimate of drug-likeness (QED) is 0.817. The second kappa shape index (κ2) is 7.33. The van der Waals surface area contributed by atoms with Crippen molar-refractivity contribution in [2.24, 2.45) is 5.92 Å². The standard InChI is InChI=1S/C15H19NO3S/c17-14(18)10-20-13-9-5-4-8-12(13)16-15(19)11-6-2-1-3-7-11/h4-5,8-9,11H,1-3,6-7,10H2,(H,16,19)(H,17,18). The van der Waals surface area contributed by atoms with E-state index in [1.165, 1.54) is 18.2 Å². The first kappa shape index (κ1) is 14.9. The molecule has 2 rings (SSSR count). The third-order valence-electron chi connectivity index (χ3n) is 3.47. The molecule has 0 heterocycles. The molecule has 0 bridgehead atoms. The molecule has 0 unspecified atom stereocenters. The number of hydrogen-bond acceptors (Lipinski definition) is 3. The zero-order valence-corrected chi connectivity index (χ0v) is 12.1. The number of carbonyl (C=O) groups excluding carboxylic acids is 1. The highest BCUT2D eigenvalue weighted by molar-refractivity contribution is 8.00. The Morgan fingerprint density at radius 3 is 2.60 bits per heavy atom. The summed E-state index contributed by atoms with van der Waals surface area (Å²) >= 11 is 1.23. The van der Waals surface area contributed by atoms with E-state index in [2.05, 4.69) is 5.32 Å². The highest BCUT2D eigenvalue weighted by Gasteiger charge is 2.21. The van der Waals surface area contributed by atoms with E-state index in [4.69, 9.17) is 5.11 Å². The molecule has 0 saturated heterocycles. The first-order valence-electron chi connectivity index (χ1n) is 6.91. The van der Waals surface area contributed by atoms with Gasteiger partial charge >= 0.3 is 5.97 Å². The van der Waals surface area contributed by atoms with Crippen molar-refractivity contribution in [3.63, 3.8) is 0 Å². The van der Waals surface area contributed by atoms with E-state index in [9.17, 15) is 9.59 Å². The van der Waals surface area contributed by atoms with Crippen LogP contribution in [0.1, 0.15) is 32.1 Å². The summed E-state index contributed by atoms with van der Waals surface area (Å²) in [5.74, 6) is -0.700. The van der Waals surface area contributed by atoms with Crippen molar-refractivity contribution in [3.05, 3.63) is 24.3 Å². The van der Waals surface area contributed by atoms with Crippen LogP contribution in [-0.2, 0) is 9.59 Å². The number of thioether (sulfide) groups is 1. The van der Waals surface area contributed by atoms with Gasteiger partial charge in [0.15, 0.2) is 0 Å². The van der Waals surface area contributed by atoms with Crippen molar-refractivity contribution in [3.8, 4) is 0 Å². The van der Waals surface area contributed by atoms with Crippen molar-refractivity contribution in [1.82, 2.24) is 0 Å². The van der Waals surface area contributed by atoms with E-state index >= 15 is 0 Å². The van der Waals surface area contributed by atoms with Crippen molar-refractivity contribution in [2.45, 2.75) is 37.0 Å². The van der Waals surface area contributed by atoms with Crippen molar-refractivity contribution >= 4 is 29.3 Å². The smallest absolute Gasteiger partial charge is 0.313 e. The number of nitrogens with one attached hydrogen (secondary N) is 1. The molecule has 1 aromatic carbocycles. The molecule has 20 heavy (non-hydrogen) atoms. The molecule has 1 amide bonds. The molecule has 0 radical (unpaired) electrons. The van der Waals surface area contributed by atoms with Crippen LogP contribution in [0.3, 0.4) is 0 Å². The molecule has 1 aromatic rings. The molecule has 0 aromatic heterocycles. The maximum absolute atomic E-state index is 12.2. The fraction of sp³-hybridized carbons (Fsp3) is 0.467. The van der Waals surface area contributed by atoms with Crippen LogP contribution in [0.4, 0.5) is 5.69 Å². The summed E-state index contributed by atoms with van der Waals surface area (Å²) in [6, 6.07) is 7.36. The Labute approximate surface area is 123 Å². The lowest BCUT2D eigenvalue weighted by atomic mass is 9.88. The zero-order valence-electron chi connectivity index (χ0n) is 11.3. The SMILES string of the molecule is O=C(O)CSc1ccccc1NC(=O)C1CCCCC1. The fourth-order valence-electron chi connectivity index (χ4n) is 2.43. The van der Waals surface area contributed by atoms with Gasteiger partial charge in [0.1, 0.15) is 0 Å². The zero-order chi connectivity index (χ0) is 14.4. The van der Waals surface area contributed by atoms with E-state index < -0.39 is 5.97 Å². The molecule has 108 valence electrons. The second-order valence-corrected chi connectivity index (χ2v) is 6.02. The van der Waals surface area contributed by atoms with Gasteiger partial charge in [0.05, 0.1) is 11.4 Å². The topological polar surface area (TPSA) is 66.4 Å². The lowest BCUT2D eigenvalue weighted by Crippen LogP contribution is -2.24. The average Bonchev–Trinajstić information content (AvgIpc) is 2.47. The Hall–Kier alpha value is -1.49. The van der Waals surface area contributed by atoms with Crippen LogP contribution in [0, 0.1) is 5.92 Å². The molecule has 1 saturated carbocycles. The van der Waals surface area contributed by atoms with Gasteiger partial charge in [-0.3, -0.25) is 9.59 Å². The predicted molar refractivity (Wildman–Crippen MR) is 80.0 cm³/mol. The van der Waals surface area contributed by atoms with E-state index in [0.29, 0.717) is 5.69 Å². The number of carboxylic acid groups (broad SMARTS) is 1. The Balaban J connectivity index is 2.00. The van der Waals surface area contributed by atoms with Crippen LogP contribution in [0.25, 0.3) is 0 Å². The van der Waals surface area contributed by atoms with Gasteiger partial charge in [0, 0.05) is 10.8 Å². The highest BCUT2D eigenvalue weighted by atomic mass is 32.2. The van der Waals surface area contributed by atoms with Crippen molar-refractivity contribution in [1.29, 1.82) is 0 Å². The van der Waals surface area contributed by atoms with Gasteiger partial charge in [0.25, 0.3) is 0 Å². The van der Waals surface area contributed by atoms with Gasteiger partial charge in [-0.2, -0.15) is 0 Å². The van der Waals surface area contributed by atoms with Gasteiger partial charge in [0.2, 0.25) is 5.91 Å². The van der Waals surface area contributed by atoms with Crippen LogP contribution >= 0.6 is 11.8 Å². The molecule has 2 N–H and O–H groups in total. The number of carbonyl (C=O) groups is 2. The van der Waals surface area contributed by atoms with Crippen LogP contribution < -0.4 is 5.32 Å². The molecule has 0 atom stereocenters. The van der Waals surface area contributed by atoms with E-state index in [1.807, 2.05) is 24.3 Å². The van der Waals surface area contributed by atoms with Gasteiger partial charge < -0.3 is 10.4 Å². The normalized spacial score (nSPS) is 15.8. The maximum atomic E-state index is 12.2. The van der Waals surface area contributed by atoms with Crippen LogP contribution in [0.5, 0.6) is 0 Å². The molecule has 5 heteroatoms. The third kappa shape index (κ3) is 4.27. The number of anilines is 1. The monoisotopic (exact) mass is 293 g/mol. The number of benzene rings is 1.